The third-order valence-corrected chi connectivity index (χ3v) is 2.64. The molecule has 1 rings (SSSR count). The van der Waals surface area contributed by atoms with Crippen LogP contribution in [-0.2, 0) is 0 Å². The van der Waals surface area contributed by atoms with E-state index in [0.717, 1.165) is 0 Å². The van der Waals surface area contributed by atoms with Gasteiger partial charge in [0.15, 0.2) is 0 Å². The van der Waals surface area contributed by atoms with Gasteiger partial charge in [-0.2, -0.15) is 0 Å². The summed E-state index contributed by atoms with van der Waals surface area (Å²) in [7, 11) is 0. The maximum absolute atomic E-state index is 6.01. The summed E-state index contributed by atoms with van der Waals surface area (Å²) < 4.78 is 0. The number of hydrogen-bond acceptors (Lipinski definition) is 1. The topological polar surface area (TPSA) is 26.0 Å². The highest BCUT2D eigenvalue weighted by Gasteiger charge is 2.15. The minimum absolute atomic E-state index is 0.0280. The molecule has 0 fully saturated rings. The molecule has 2 heteroatoms. The molecule has 0 aromatic heterocycles. The normalized spacial score (nSPS) is 15.5. The monoisotopic (exact) mass is 197 g/mol. The maximum Gasteiger partial charge on any atom is 0.0500 e. The van der Waals surface area contributed by atoms with Crippen molar-refractivity contribution < 1.29 is 0 Å². The second-order valence-electron chi connectivity index (χ2n) is 3.51. The van der Waals surface area contributed by atoms with E-state index in [1.807, 2.05) is 13.0 Å². The summed E-state index contributed by atoms with van der Waals surface area (Å²) in [6.07, 6.45) is 0. The molecule has 2 atom stereocenters. The van der Waals surface area contributed by atoms with Gasteiger partial charge in [-0.25, -0.2) is 0 Å². The molecule has 13 heavy (non-hydrogen) atoms. The molecule has 0 radical (unpaired) electrons. The zero-order chi connectivity index (χ0) is 10.0. The van der Waals surface area contributed by atoms with Crippen LogP contribution in [0.3, 0.4) is 0 Å². The Morgan fingerprint density at radius 1 is 1.23 bits per heavy atom. The van der Waals surface area contributed by atoms with Gasteiger partial charge in [0.25, 0.3) is 0 Å². The van der Waals surface area contributed by atoms with Crippen molar-refractivity contribution in [3.8, 4) is 0 Å². The molecule has 72 valence electrons. The highest BCUT2D eigenvalue weighted by molar-refractivity contribution is 6.20. The third kappa shape index (κ3) is 2.23. The molecular formula is C11H16ClN. The highest BCUT2D eigenvalue weighted by Crippen LogP contribution is 2.24. The van der Waals surface area contributed by atoms with Crippen LogP contribution in [0.15, 0.2) is 18.2 Å². The van der Waals surface area contributed by atoms with Crippen LogP contribution in [0.5, 0.6) is 0 Å². The van der Waals surface area contributed by atoms with E-state index < -0.39 is 0 Å². The number of alkyl halides is 1. The first-order chi connectivity index (χ1) is 6.04. The SMILES string of the molecule is Cc1cccc(C)c1C(N)C(C)Cl. The number of nitrogens with two attached hydrogens (primary N) is 1. The van der Waals surface area contributed by atoms with Crippen molar-refractivity contribution in [2.75, 3.05) is 0 Å². The van der Waals surface area contributed by atoms with E-state index in [1.54, 1.807) is 0 Å². The Kier molecular flexibility index (Phi) is 3.34. The standard InChI is InChI=1S/C11H16ClN/c1-7-5-4-6-8(2)10(7)11(13)9(3)12/h4-6,9,11H,13H2,1-3H3. The quantitative estimate of drug-likeness (QED) is 0.725. The second kappa shape index (κ2) is 4.12. The number of halogens is 1. The molecule has 0 bridgehead atoms. The Balaban J connectivity index is 3.12. The predicted molar refractivity (Wildman–Crippen MR) is 58.2 cm³/mol. The second-order valence-corrected chi connectivity index (χ2v) is 4.20. The Hall–Kier alpha value is -0.530. The lowest BCUT2D eigenvalue weighted by Gasteiger charge is -2.19. The minimum atomic E-state index is -0.0668. The van der Waals surface area contributed by atoms with Crippen LogP contribution in [0.4, 0.5) is 0 Å². The van der Waals surface area contributed by atoms with Gasteiger partial charge in [0.05, 0.1) is 5.38 Å². The van der Waals surface area contributed by atoms with E-state index in [4.69, 9.17) is 17.3 Å². The average molecular weight is 198 g/mol. The minimum Gasteiger partial charge on any atom is -0.323 e. The molecule has 0 aliphatic heterocycles. The van der Waals surface area contributed by atoms with E-state index in [1.165, 1.54) is 16.7 Å². The van der Waals surface area contributed by atoms with Crippen molar-refractivity contribution in [3.63, 3.8) is 0 Å². The van der Waals surface area contributed by atoms with E-state index in [0.29, 0.717) is 0 Å². The number of benzene rings is 1. The lowest BCUT2D eigenvalue weighted by atomic mass is 9.95. The Labute approximate surface area is 84.9 Å². The van der Waals surface area contributed by atoms with Gasteiger partial charge in [-0.1, -0.05) is 18.2 Å². The molecular weight excluding hydrogens is 182 g/mol. The van der Waals surface area contributed by atoms with Crippen LogP contribution in [0, 0.1) is 13.8 Å². The van der Waals surface area contributed by atoms with Crippen LogP contribution < -0.4 is 5.73 Å². The fourth-order valence-electron chi connectivity index (χ4n) is 1.58. The smallest absolute Gasteiger partial charge is 0.0500 e. The molecule has 1 aromatic carbocycles. The number of hydrogen-bond donors (Lipinski definition) is 1. The summed E-state index contributed by atoms with van der Waals surface area (Å²) in [6.45, 7) is 6.07. The zero-order valence-corrected chi connectivity index (χ0v) is 9.10. The lowest BCUT2D eigenvalue weighted by molar-refractivity contribution is 0.697. The molecule has 0 heterocycles. The summed E-state index contributed by atoms with van der Waals surface area (Å²) in [6, 6.07) is 6.12. The Morgan fingerprint density at radius 3 is 2.08 bits per heavy atom. The Morgan fingerprint density at radius 2 is 1.69 bits per heavy atom. The number of aryl methyl sites for hydroxylation is 2. The average Bonchev–Trinajstić information content (AvgIpc) is 2.03. The molecule has 2 N–H and O–H groups in total. The fraction of sp³-hybridized carbons (Fsp3) is 0.455. The van der Waals surface area contributed by atoms with E-state index in [-0.39, 0.29) is 11.4 Å². The van der Waals surface area contributed by atoms with Crippen molar-refractivity contribution in [1.82, 2.24) is 0 Å². The first kappa shape index (κ1) is 10.6. The van der Waals surface area contributed by atoms with Crippen molar-refractivity contribution in [1.29, 1.82) is 0 Å². The van der Waals surface area contributed by atoms with Crippen molar-refractivity contribution in [2.24, 2.45) is 5.73 Å². The van der Waals surface area contributed by atoms with Gasteiger partial charge in [-0.3, -0.25) is 0 Å². The predicted octanol–water partition coefficient (Wildman–Crippen LogP) is 2.93. The first-order valence-corrected chi connectivity index (χ1v) is 4.93. The van der Waals surface area contributed by atoms with Crippen molar-refractivity contribution >= 4 is 11.6 Å². The van der Waals surface area contributed by atoms with Gasteiger partial charge in [-0.15, -0.1) is 11.6 Å². The third-order valence-electron chi connectivity index (χ3n) is 2.37. The lowest BCUT2D eigenvalue weighted by Crippen LogP contribution is -2.21. The molecule has 1 aromatic rings. The molecule has 0 aliphatic rings. The molecule has 1 nitrogen and oxygen atoms in total. The van der Waals surface area contributed by atoms with Crippen LogP contribution >= 0.6 is 11.6 Å². The Bertz CT molecular complexity index is 274. The summed E-state index contributed by atoms with van der Waals surface area (Å²) >= 11 is 5.98. The van der Waals surface area contributed by atoms with Gasteiger partial charge in [0.2, 0.25) is 0 Å². The molecule has 0 saturated carbocycles. The molecule has 0 spiro atoms. The van der Waals surface area contributed by atoms with Gasteiger partial charge < -0.3 is 5.73 Å². The van der Waals surface area contributed by atoms with Crippen molar-refractivity contribution in [2.45, 2.75) is 32.2 Å². The van der Waals surface area contributed by atoms with Crippen LogP contribution in [0.2, 0.25) is 0 Å². The highest BCUT2D eigenvalue weighted by atomic mass is 35.5. The van der Waals surface area contributed by atoms with Gasteiger partial charge in [0.1, 0.15) is 0 Å². The van der Waals surface area contributed by atoms with Crippen molar-refractivity contribution in [3.05, 3.63) is 34.9 Å². The zero-order valence-electron chi connectivity index (χ0n) is 8.34. The maximum atomic E-state index is 6.01. The molecule has 0 aliphatic carbocycles. The summed E-state index contributed by atoms with van der Waals surface area (Å²) in [5, 5.41) is -0.0280. The van der Waals surface area contributed by atoms with Gasteiger partial charge >= 0.3 is 0 Å². The van der Waals surface area contributed by atoms with Gasteiger partial charge in [-0.05, 0) is 37.5 Å². The first-order valence-electron chi connectivity index (χ1n) is 4.49. The number of rotatable bonds is 2. The summed E-state index contributed by atoms with van der Waals surface area (Å²) in [5.74, 6) is 0. The van der Waals surface area contributed by atoms with Crippen LogP contribution in [0.25, 0.3) is 0 Å². The molecule has 0 amide bonds. The van der Waals surface area contributed by atoms with Crippen LogP contribution in [-0.4, -0.2) is 5.38 Å². The summed E-state index contributed by atoms with van der Waals surface area (Å²) in [4.78, 5) is 0. The van der Waals surface area contributed by atoms with Gasteiger partial charge in [0, 0.05) is 6.04 Å². The van der Waals surface area contributed by atoms with E-state index in [2.05, 4.69) is 26.0 Å². The van der Waals surface area contributed by atoms with E-state index in [9.17, 15) is 0 Å². The van der Waals surface area contributed by atoms with E-state index >= 15 is 0 Å². The fourth-order valence-corrected chi connectivity index (χ4v) is 1.71. The molecule has 2 unspecified atom stereocenters. The van der Waals surface area contributed by atoms with Crippen LogP contribution in [0.1, 0.15) is 29.7 Å². The largest absolute Gasteiger partial charge is 0.323 e. The molecule has 0 saturated heterocycles. The summed E-state index contributed by atoms with van der Waals surface area (Å²) in [5.41, 5.74) is 9.64.